The van der Waals surface area contributed by atoms with Crippen molar-refractivity contribution in [2.75, 3.05) is 48.4 Å². The SMILES string of the molecule is Cc1cc2c3c4c1N(C)c1cc(C(C)(C)C)ccc1N4c1ccc(-c4ccccc4)cc1B3c1oc3c4c1N2c1ccccc1N4c1cc(N(c2ccccc2)c2ccccc2)c2c4c1B3c1ccc(-c3ccccc3)cc1N4c1ccc(C(C)(C)C)cc1N2C. The Morgan fingerprint density at radius 2 is 0.758 bits per heavy atom. The van der Waals surface area contributed by atoms with Crippen molar-refractivity contribution in [3.05, 3.63) is 247 Å². The molecule has 0 atom stereocenters. The number of nitrogens with zero attached hydrogens (tertiary/aromatic N) is 7. The van der Waals surface area contributed by atoms with Gasteiger partial charge < -0.3 is 38.7 Å². The number of rotatable bonds is 5. The Bertz CT molecular complexity index is 5090. The van der Waals surface area contributed by atoms with Crippen LogP contribution in [0.4, 0.5) is 108 Å². The van der Waals surface area contributed by atoms with Gasteiger partial charge in [0.25, 0.3) is 13.4 Å². The summed E-state index contributed by atoms with van der Waals surface area (Å²) in [5.74, 6) is 0. The molecule has 7 aliphatic rings. The molecule has 91 heavy (non-hydrogen) atoms. The van der Waals surface area contributed by atoms with Crippen LogP contribution in [0.1, 0.15) is 58.2 Å². The first-order valence-corrected chi connectivity index (χ1v) is 32.1. The molecule has 0 saturated carbocycles. The summed E-state index contributed by atoms with van der Waals surface area (Å²) in [4.78, 5) is 17.9. The minimum Gasteiger partial charge on any atom is -0.480 e. The van der Waals surface area contributed by atoms with Crippen LogP contribution in [-0.4, -0.2) is 27.5 Å². The predicted molar refractivity (Wildman–Crippen MR) is 384 cm³/mol. The summed E-state index contributed by atoms with van der Waals surface area (Å²) < 4.78 is 8.35. The molecule has 0 unspecified atom stereocenters. The lowest BCUT2D eigenvalue weighted by Gasteiger charge is -2.51. The standard InChI is InChI=1S/C81H65B2N7O/c1-48-42-67-70-74-72(48)84(8)65-45-53(80(2,3)4)36-40-62(65)87(74)59-39-35-51(49-24-14-10-15-25-49)43-58(59)83(70)79-77-76-78(91-79)82-57-38-34-52(50-26-16-11-17-27-50)44-64(57)88-63-41-37-54(81(5,6)7)46-66(63)85(9)73-69(86(55-28-18-12-19-29-55)56-30-20-13-21-31-56)47-68(71(82)75(73)88)90(76)61-33-23-22-32-60(61)89(67)77/h10-47H,1-9H3. The summed E-state index contributed by atoms with van der Waals surface area (Å²) in [6, 6.07) is 86.7. The van der Waals surface area contributed by atoms with Crippen LogP contribution in [0, 0.1) is 6.92 Å². The van der Waals surface area contributed by atoms with E-state index in [0.29, 0.717) is 0 Å². The van der Waals surface area contributed by atoms with E-state index < -0.39 is 0 Å². The van der Waals surface area contributed by atoms with E-state index in [1.165, 1.54) is 89.4 Å². The molecular formula is C81H65B2N7O. The zero-order valence-electron chi connectivity index (χ0n) is 52.6. The number of para-hydroxylation sites is 4. The molecule has 0 amide bonds. The van der Waals surface area contributed by atoms with Gasteiger partial charge in [0.15, 0.2) is 0 Å². The van der Waals surface area contributed by atoms with Gasteiger partial charge >= 0.3 is 0 Å². The van der Waals surface area contributed by atoms with Crippen LogP contribution in [0.25, 0.3) is 22.3 Å². The highest BCUT2D eigenvalue weighted by molar-refractivity contribution is 7.03. The van der Waals surface area contributed by atoms with Crippen molar-refractivity contribution in [1.29, 1.82) is 0 Å². The van der Waals surface area contributed by atoms with Crippen molar-refractivity contribution >= 4 is 155 Å². The zero-order chi connectivity index (χ0) is 61.2. The monoisotopic (exact) mass is 1170 g/mol. The van der Waals surface area contributed by atoms with Crippen molar-refractivity contribution in [3.63, 3.8) is 0 Å². The number of aryl methyl sites for hydroxylation is 1. The highest BCUT2D eigenvalue weighted by Crippen LogP contribution is 2.64. The van der Waals surface area contributed by atoms with Crippen molar-refractivity contribution in [3.8, 4) is 22.3 Å². The summed E-state index contributed by atoms with van der Waals surface area (Å²) in [5.41, 5.74) is 36.8. The zero-order valence-corrected chi connectivity index (χ0v) is 52.6. The Hall–Kier alpha value is -10.6. The molecule has 10 heteroatoms. The molecule has 0 saturated heterocycles. The van der Waals surface area contributed by atoms with Gasteiger partial charge in [0.05, 0.1) is 73.9 Å². The first-order valence-electron chi connectivity index (χ1n) is 32.1. The van der Waals surface area contributed by atoms with E-state index in [2.05, 4.69) is 327 Å². The molecule has 436 valence electrons. The van der Waals surface area contributed by atoms with Crippen LogP contribution in [0.2, 0.25) is 0 Å². The van der Waals surface area contributed by atoms with Gasteiger partial charge in [0, 0.05) is 48.2 Å². The average Bonchev–Trinajstić information content (AvgIpc) is 1.61. The maximum Gasteiger partial charge on any atom is 0.297 e. The molecule has 0 N–H and O–H groups in total. The first-order chi connectivity index (χ1) is 44.2. The minimum atomic E-state index is -0.312. The molecule has 12 aromatic rings. The number of hydrogen-bond acceptors (Lipinski definition) is 8. The fourth-order valence-corrected chi connectivity index (χ4v) is 16.5. The number of furan rings is 1. The molecule has 8 heterocycles. The molecule has 0 spiro atoms. The molecule has 0 aliphatic carbocycles. The second-order valence-electron chi connectivity index (χ2n) is 27.9. The second kappa shape index (κ2) is 18.3. The third-order valence-electron chi connectivity index (χ3n) is 20.7. The Morgan fingerprint density at radius 1 is 0.330 bits per heavy atom. The van der Waals surface area contributed by atoms with E-state index in [9.17, 15) is 0 Å². The molecule has 19 rings (SSSR count). The highest BCUT2D eigenvalue weighted by Gasteiger charge is 2.58. The van der Waals surface area contributed by atoms with E-state index in [-0.39, 0.29) is 24.3 Å². The Kier molecular flexibility index (Phi) is 10.5. The van der Waals surface area contributed by atoms with E-state index in [4.69, 9.17) is 4.42 Å². The topological polar surface area (TPSA) is 35.8 Å². The van der Waals surface area contributed by atoms with Crippen LogP contribution in [-0.2, 0) is 10.8 Å². The van der Waals surface area contributed by atoms with Crippen LogP contribution in [0.3, 0.4) is 0 Å². The van der Waals surface area contributed by atoms with Crippen LogP contribution in [0.5, 0.6) is 0 Å². The van der Waals surface area contributed by atoms with Gasteiger partial charge in [0.1, 0.15) is 11.4 Å². The van der Waals surface area contributed by atoms with Gasteiger partial charge in [-0.15, -0.1) is 0 Å². The van der Waals surface area contributed by atoms with Gasteiger partial charge in [-0.05, 0) is 163 Å². The van der Waals surface area contributed by atoms with Crippen LogP contribution < -0.4 is 67.5 Å². The number of anilines is 19. The van der Waals surface area contributed by atoms with Gasteiger partial charge in [-0.1, -0.05) is 187 Å². The first kappa shape index (κ1) is 52.4. The van der Waals surface area contributed by atoms with Gasteiger partial charge in [-0.3, -0.25) is 0 Å². The summed E-state index contributed by atoms with van der Waals surface area (Å²) in [7, 11) is 4.57. The van der Waals surface area contributed by atoms with Gasteiger partial charge in [-0.25, -0.2) is 0 Å². The van der Waals surface area contributed by atoms with Crippen molar-refractivity contribution in [1.82, 2.24) is 0 Å². The highest BCUT2D eigenvalue weighted by atomic mass is 16.3. The third-order valence-corrected chi connectivity index (χ3v) is 20.7. The third kappa shape index (κ3) is 7.02. The van der Waals surface area contributed by atoms with E-state index in [1.54, 1.807) is 0 Å². The van der Waals surface area contributed by atoms with Gasteiger partial charge in [-0.2, -0.15) is 0 Å². The van der Waals surface area contributed by atoms with E-state index in [1.807, 2.05) is 0 Å². The molecule has 0 fully saturated rings. The Morgan fingerprint density at radius 3 is 1.31 bits per heavy atom. The lowest BCUT2D eigenvalue weighted by molar-refractivity contribution is 0.590. The van der Waals surface area contributed by atoms with Crippen LogP contribution >= 0.6 is 0 Å². The minimum absolute atomic E-state index is 0.0392. The molecular weight excluding hydrogens is 1110 g/mol. The summed E-state index contributed by atoms with van der Waals surface area (Å²) in [6.45, 7) is 15.7. The van der Waals surface area contributed by atoms with Crippen molar-refractivity contribution < 1.29 is 4.42 Å². The Labute approximate surface area is 533 Å². The maximum atomic E-state index is 8.35. The molecule has 0 radical (unpaired) electrons. The summed E-state index contributed by atoms with van der Waals surface area (Å²) in [6.07, 6.45) is 0. The largest absolute Gasteiger partial charge is 0.480 e. The number of fused-ring (bicyclic) bond motifs is 17. The predicted octanol–water partition coefficient (Wildman–Crippen LogP) is 17.6. The smallest absolute Gasteiger partial charge is 0.297 e. The van der Waals surface area contributed by atoms with Crippen molar-refractivity contribution in [2.45, 2.75) is 59.3 Å². The molecule has 11 aromatic carbocycles. The normalized spacial score (nSPS) is 14.5. The van der Waals surface area contributed by atoms with Crippen molar-refractivity contribution in [2.24, 2.45) is 0 Å². The molecule has 1 aromatic heterocycles. The lowest BCUT2D eigenvalue weighted by Crippen LogP contribution is -2.62. The molecule has 0 bridgehead atoms. The number of hydrogen-bond donors (Lipinski definition) is 0. The summed E-state index contributed by atoms with van der Waals surface area (Å²) in [5, 5.41) is 0. The Balaban J connectivity index is 0.950. The molecule has 7 aliphatic heterocycles. The lowest BCUT2D eigenvalue weighted by atomic mass is 9.34. The van der Waals surface area contributed by atoms with Crippen LogP contribution in [0.15, 0.2) is 235 Å². The fourth-order valence-electron chi connectivity index (χ4n) is 16.5. The quantitative estimate of drug-likeness (QED) is 0.158. The fraction of sp³-hybridized carbons (Fsp3) is 0.136. The molecule has 8 nitrogen and oxygen atoms in total. The van der Waals surface area contributed by atoms with Gasteiger partial charge in [0.2, 0.25) is 0 Å². The van der Waals surface area contributed by atoms with E-state index in [0.717, 1.165) is 90.8 Å². The maximum absolute atomic E-state index is 8.35. The summed E-state index contributed by atoms with van der Waals surface area (Å²) >= 11 is 0. The number of benzene rings is 11. The average molecular weight is 1170 g/mol. The second-order valence-corrected chi connectivity index (χ2v) is 27.9. The van der Waals surface area contributed by atoms with E-state index >= 15 is 0 Å².